The number of hydrogen-bond donors (Lipinski definition) is 1. The van der Waals surface area contributed by atoms with Crippen molar-refractivity contribution in [2.75, 3.05) is 18.6 Å². The summed E-state index contributed by atoms with van der Waals surface area (Å²) in [6, 6.07) is 5.83. The Balaban J connectivity index is 1.75. The SMILES string of the molecule is COc1ccc2c3c1OC(C3)C[C@@H](O)/C=C/CN(c1ncccn1)C2. The van der Waals surface area contributed by atoms with Crippen molar-refractivity contribution in [2.24, 2.45) is 0 Å². The Labute approximate surface area is 146 Å². The molecular weight excluding hydrogens is 318 g/mol. The van der Waals surface area contributed by atoms with Crippen LogP contribution in [0.3, 0.4) is 0 Å². The zero-order chi connectivity index (χ0) is 17.2. The third-order valence-corrected chi connectivity index (χ3v) is 4.64. The van der Waals surface area contributed by atoms with Crippen molar-refractivity contribution in [3.05, 3.63) is 53.9 Å². The summed E-state index contributed by atoms with van der Waals surface area (Å²) in [5.41, 5.74) is 2.33. The summed E-state index contributed by atoms with van der Waals surface area (Å²) in [5.74, 6) is 2.21. The molecule has 2 aliphatic rings. The lowest BCUT2D eigenvalue weighted by Gasteiger charge is -2.22. The number of methoxy groups -OCH3 is 1. The second-order valence-corrected chi connectivity index (χ2v) is 6.34. The highest BCUT2D eigenvalue weighted by atomic mass is 16.5. The van der Waals surface area contributed by atoms with Crippen molar-refractivity contribution in [3.63, 3.8) is 0 Å². The first-order chi connectivity index (χ1) is 12.2. The number of fused-ring (bicyclic) bond motifs is 1. The van der Waals surface area contributed by atoms with Crippen LogP contribution in [0.4, 0.5) is 5.95 Å². The first kappa shape index (κ1) is 15.9. The van der Waals surface area contributed by atoms with Gasteiger partial charge in [-0.3, -0.25) is 0 Å². The van der Waals surface area contributed by atoms with Crippen LogP contribution < -0.4 is 14.4 Å². The summed E-state index contributed by atoms with van der Waals surface area (Å²) < 4.78 is 11.5. The van der Waals surface area contributed by atoms with Crippen molar-refractivity contribution < 1.29 is 14.6 Å². The van der Waals surface area contributed by atoms with E-state index in [1.165, 1.54) is 5.56 Å². The highest BCUT2D eigenvalue weighted by Gasteiger charge is 2.30. The van der Waals surface area contributed by atoms with Crippen molar-refractivity contribution >= 4 is 5.95 Å². The van der Waals surface area contributed by atoms with E-state index in [1.54, 1.807) is 25.6 Å². The van der Waals surface area contributed by atoms with Crippen LogP contribution in [-0.4, -0.2) is 40.9 Å². The molecule has 0 amide bonds. The van der Waals surface area contributed by atoms with Gasteiger partial charge in [-0.1, -0.05) is 18.2 Å². The molecule has 1 N–H and O–H groups in total. The zero-order valence-electron chi connectivity index (χ0n) is 14.1. The fourth-order valence-electron chi connectivity index (χ4n) is 3.45. The third-order valence-electron chi connectivity index (χ3n) is 4.64. The maximum absolute atomic E-state index is 10.3. The van der Waals surface area contributed by atoms with Crippen molar-refractivity contribution in [1.82, 2.24) is 9.97 Å². The van der Waals surface area contributed by atoms with Gasteiger partial charge in [0.15, 0.2) is 11.5 Å². The number of aromatic nitrogens is 2. The predicted octanol–water partition coefficient (Wildman–Crippen LogP) is 2.12. The topological polar surface area (TPSA) is 67.7 Å². The van der Waals surface area contributed by atoms with Crippen LogP contribution in [-0.2, 0) is 13.0 Å². The molecule has 2 aromatic rings. The summed E-state index contributed by atoms with van der Waals surface area (Å²) in [6.45, 7) is 1.31. The molecule has 0 aliphatic carbocycles. The highest BCUT2D eigenvalue weighted by Crippen LogP contribution is 2.41. The molecule has 1 aromatic carbocycles. The second-order valence-electron chi connectivity index (χ2n) is 6.34. The van der Waals surface area contributed by atoms with Gasteiger partial charge in [0.05, 0.1) is 13.2 Å². The standard InChI is InChI=1S/C19H21N3O3/c1-24-17-6-5-13-12-22(19-20-7-3-8-21-19)9-2-4-14(23)10-15-11-16(13)18(17)25-15/h2-8,14-15,23H,9-12H2,1H3/b4-2+/t14-,15?/m0/s1. The number of anilines is 1. The van der Waals surface area contributed by atoms with Gasteiger partial charge in [-0.05, 0) is 17.7 Å². The molecule has 6 nitrogen and oxygen atoms in total. The first-order valence-corrected chi connectivity index (χ1v) is 8.46. The van der Waals surface area contributed by atoms with Crippen LogP contribution in [0.15, 0.2) is 42.7 Å². The molecular formula is C19H21N3O3. The monoisotopic (exact) mass is 339 g/mol. The van der Waals surface area contributed by atoms with Crippen LogP contribution >= 0.6 is 0 Å². The fraction of sp³-hybridized carbons (Fsp3) is 0.368. The lowest BCUT2D eigenvalue weighted by Crippen LogP contribution is -2.25. The minimum absolute atomic E-state index is 0.0378. The van der Waals surface area contributed by atoms with E-state index in [4.69, 9.17) is 9.47 Å². The molecule has 6 heteroatoms. The van der Waals surface area contributed by atoms with Gasteiger partial charge in [-0.25, -0.2) is 9.97 Å². The molecule has 2 atom stereocenters. The molecule has 0 radical (unpaired) electrons. The van der Waals surface area contributed by atoms with E-state index in [0.717, 1.165) is 23.5 Å². The average Bonchev–Trinajstić information content (AvgIpc) is 3.04. The summed E-state index contributed by atoms with van der Waals surface area (Å²) in [6.07, 6.45) is 8.04. The Morgan fingerprint density at radius 3 is 2.92 bits per heavy atom. The second kappa shape index (κ2) is 6.72. The van der Waals surface area contributed by atoms with Crippen LogP contribution in [0.2, 0.25) is 0 Å². The zero-order valence-corrected chi connectivity index (χ0v) is 14.1. The van der Waals surface area contributed by atoms with E-state index < -0.39 is 6.10 Å². The first-order valence-electron chi connectivity index (χ1n) is 8.46. The Bertz CT molecular complexity index is 779. The van der Waals surface area contributed by atoms with Gasteiger partial charge in [-0.15, -0.1) is 0 Å². The normalized spacial score (nSPS) is 23.5. The number of rotatable bonds is 2. The molecule has 0 saturated heterocycles. The Hall–Kier alpha value is -2.60. The molecule has 2 aliphatic heterocycles. The summed E-state index contributed by atoms with van der Waals surface area (Å²) in [7, 11) is 1.65. The van der Waals surface area contributed by atoms with Crippen molar-refractivity contribution in [2.45, 2.75) is 31.6 Å². The van der Waals surface area contributed by atoms with Gasteiger partial charge in [0.1, 0.15) is 6.10 Å². The van der Waals surface area contributed by atoms with Crippen LogP contribution in [0.25, 0.3) is 0 Å². The van der Waals surface area contributed by atoms with E-state index in [-0.39, 0.29) is 6.10 Å². The largest absolute Gasteiger partial charge is 0.493 e. The number of nitrogens with zero attached hydrogens (tertiary/aromatic N) is 3. The highest BCUT2D eigenvalue weighted by molar-refractivity contribution is 5.54. The van der Waals surface area contributed by atoms with E-state index in [2.05, 4.69) is 20.9 Å². The average molecular weight is 339 g/mol. The quantitative estimate of drug-likeness (QED) is 0.846. The molecule has 2 bridgehead atoms. The maximum atomic E-state index is 10.3. The number of hydrogen-bond acceptors (Lipinski definition) is 6. The molecule has 0 spiro atoms. The number of aliphatic hydroxyl groups is 1. The molecule has 0 saturated carbocycles. The molecule has 25 heavy (non-hydrogen) atoms. The summed E-state index contributed by atoms with van der Waals surface area (Å²) >= 11 is 0. The Morgan fingerprint density at radius 1 is 1.28 bits per heavy atom. The summed E-state index contributed by atoms with van der Waals surface area (Å²) in [4.78, 5) is 10.8. The lowest BCUT2D eigenvalue weighted by molar-refractivity contribution is 0.133. The summed E-state index contributed by atoms with van der Waals surface area (Å²) in [5, 5.41) is 10.3. The number of benzene rings is 1. The molecule has 1 unspecified atom stereocenters. The number of aliphatic hydroxyl groups excluding tert-OH is 1. The Kier molecular flexibility index (Phi) is 4.28. The fourth-order valence-corrected chi connectivity index (χ4v) is 3.45. The van der Waals surface area contributed by atoms with Gasteiger partial charge in [0.2, 0.25) is 5.95 Å². The number of ether oxygens (including phenoxy) is 2. The molecule has 1 aromatic heterocycles. The lowest BCUT2D eigenvalue weighted by atomic mass is 10.00. The van der Waals surface area contributed by atoms with E-state index in [0.29, 0.717) is 25.5 Å². The smallest absolute Gasteiger partial charge is 0.225 e. The van der Waals surface area contributed by atoms with E-state index in [9.17, 15) is 5.11 Å². The molecule has 3 heterocycles. The van der Waals surface area contributed by atoms with Gasteiger partial charge in [0, 0.05) is 43.9 Å². The molecule has 4 rings (SSSR count). The van der Waals surface area contributed by atoms with Crippen LogP contribution in [0.5, 0.6) is 11.5 Å². The Morgan fingerprint density at radius 2 is 2.12 bits per heavy atom. The molecule has 130 valence electrons. The van der Waals surface area contributed by atoms with Crippen LogP contribution in [0, 0.1) is 0 Å². The van der Waals surface area contributed by atoms with E-state index >= 15 is 0 Å². The third kappa shape index (κ3) is 3.17. The minimum atomic E-state index is -0.537. The van der Waals surface area contributed by atoms with Crippen molar-refractivity contribution in [3.8, 4) is 11.5 Å². The minimum Gasteiger partial charge on any atom is -0.493 e. The molecule has 0 fully saturated rings. The maximum Gasteiger partial charge on any atom is 0.225 e. The van der Waals surface area contributed by atoms with Crippen LogP contribution in [0.1, 0.15) is 17.5 Å². The van der Waals surface area contributed by atoms with Gasteiger partial charge in [0.25, 0.3) is 0 Å². The van der Waals surface area contributed by atoms with Crippen molar-refractivity contribution in [1.29, 1.82) is 0 Å². The van der Waals surface area contributed by atoms with Gasteiger partial charge < -0.3 is 19.5 Å². The predicted molar refractivity (Wildman–Crippen MR) is 94.0 cm³/mol. The van der Waals surface area contributed by atoms with Gasteiger partial charge in [-0.2, -0.15) is 0 Å². The van der Waals surface area contributed by atoms with Gasteiger partial charge >= 0.3 is 0 Å². The van der Waals surface area contributed by atoms with E-state index in [1.807, 2.05) is 18.2 Å².